The Kier molecular flexibility index (Phi) is 1.89. The van der Waals surface area contributed by atoms with Crippen LogP contribution >= 0.6 is 0 Å². The summed E-state index contributed by atoms with van der Waals surface area (Å²) < 4.78 is 2.28. The Bertz CT molecular complexity index is 277. The lowest BCUT2D eigenvalue weighted by Crippen LogP contribution is -2.30. The van der Waals surface area contributed by atoms with Crippen molar-refractivity contribution in [1.29, 1.82) is 0 Å². The monoisotopic (exact) mass is 165 g/mol. The second kappa shape index (κ2) is 2.90. The smallest absolute Gasteiger partial charge is 0.123 e. The third kappa shape index (κ3) is 1.25. The van der Waals surface area contributed by atoms with Crippen molar-refractivity contribution < 1.29 is 0 Å². The minimum atomic E-state index is 1.00. The molecule has 0 fully saturated rings. The highest BCUT2D eigenvalue weighted by Crippen LogP contribution is 2.11. The fourth-order valence-corrected chi connectivity index (χ4v) is 1.60. The van der Waals surface area contributed by atoms with E-state index in [1.165, 1.54) is 11.5 Å². The van der Waals surface area contributed by atoms with Gasteiger partial charge < -0.3 is 4.57 Å². The predicted molar refractivity (Wildman–Crippen MR) is 47.9 cm³/mol. The number of imidazole rings is 1. The molecule has 0 aliphatic carbocycles. The number of rotatable bonds is 1. The molecule has 0 amide bonds. The second-order valence-corrected chi connectivity index (χ2v) is 3.43. The van der Waals surface area contributed by atoms with Crippen molar-refractivity contribution >= 4 is 0 Å². The summed E-state index contributed by atoms with van der Waals surface area (Å²) in [5, 5.41) is 0. The van der Waals surface area contributed by atoms with Gasteiger partial charge in [-0.05, 0) is 13.5 Å². The Balaban J connectivity index is 2.28. The summed E-state index contributed by atoms with van der Waals surface area (Å²) in [7, 11) is 2.14. The Morgan fingerprint density at radius 1 is 1.50 bits per heavy atom. The highest BCUT2D eigenvalue weighted by Gasteiger charge is 2.14. The Hall–Kier alpha value is -0.830. The third-order valence-corrected chi connectivity index (χ3v) is 2.41. The van der Waals surface area contributed by atoms with Gasteiger partial charge >= 0.3 is 0 Å². The minimum Gasteiger partial charge on any atom is -0.332 e. The summed E-state index contributed by atoms with van der Waals surface area (Å²) in [6.07, 6.45) is 3.23. The largest absolute Gasteiger partial charge is 0.332 e. The Morgan fingerprint density at radius 2 is 2.33 bits per heavy atom. The van der Waals surface area contributed by atoms with Gasteiger partial charge in [0.1, 0.15) is 5.82 Å². The average Bonchev–Trinajstić information content (AvgIpc) is 2.46. The van der Waals surface area contributed by atoms with E-state index >= 15 is 0 Å². The highest BCUT2D eigenvalue weighted by atomic mass is 15.2. The first-order valence-corrected chi connectivity index (χ1v) is 4.53. The molecular formula is C9H15N3. The zero-order chi connectivity index (χ0) is 8.55. The first-order chi connectivity index (χ1) is 5.79. The molecular weight excluding hydrogens is 150 g/mol. The lowest BCUT2D eigenvalue weighted by Gasteiger charge is -2.22. The highest BCUT2D eigenvalue weighted by molar-refractivity contribution is 5.05. The van der Waals surface area contributed by atoms with Crippen LogP contribution in [0.1, 0.15) is 18.4 Å². The summed E-state index contributed by atoms with van der Waals surface area (Å²) in [4.78, 5) is 6.85. The molecule has 1 aromatic heterocycles. The first kappa shape index (κ1) is 7.80. The molecule has 0 bridgehead atoms. The van der Waals surface area contributed by atoms with Crippen molar-refractivity contribution in [2.24, 2.45) is 0 Å². The average molecular weight is 165 g/mol. The lowest BCUT2D eigenvalue weighted by molar-refractivity contribution is 0.264. The second-order valence-electron chi connectivity index (χ2n) is 3.43. The van der Waals surface area contributed by atoms with E-state index in [-0.39, 0.29) is 0 Å². The summed E-state index contributed by atoms with van der Waals surface area (Å²) in [6.45, 7) is 5.39. The molecule has 0 atom stereocenters. The van der Waals surface area contributed by atoms with E-state index in [1.807, 2.05) is 0 Å². The van der Waals surface area contributed by atoms with Crippen molar-refractivity contribution in [1.82, 2.24) is 14.5 Å². The molecule has 0 unspecified atom stereocenters. The van der Waals surface area contributed by atoms with Crippen LogP contribution in [0.4, 0.5) is 0 Å². The van der Waals surface area contributed by atoms with E-state index in [1.54, 1.807) is 0 Å². The molecule has 2 heterocycles. The normalized spacial score (nSPS) is 17.8. The van der Waals surface area contributed by atoms with Crippen molar-refractivity contribution in [3.05, 3.63) is 17.7 Å². The van der Waals surface area contributed by atoms with Gasteiger partial charge in [-0.1, -0.05) is 6.92 Å². The number of likely N-dealkylation sites (N-methyl/N-ethyl adjacent to an activating group) is 1. The molecule has 0 aromatic carbocycles. The number of aromatic nitrogens is 2. The van der Waals surface area contributed by atoms with E-state index in [0.717, 1.165) is 26.1 Å². The van der Waals surface area contributed by atoms with Gasteiger partial charge in [0.05, 0.1) is 12.2 Å². The summed E-state index contributed by atoms with van der Waals surface area (Å²) in [5.41, 5.74) is 1.22. The Morgan fingerprint density at radius 3 is 3.08 bits per heavy atom. The van der Waals surface area contributed by atoms with Crippen LogP contribution in [0.3, 0.4) is 0 Å². The maximum Gasteiger partial charge on any atom is 0.123 e. The molecule has 0 spiro atoms. The molecule has 0 saturated carbocycles. The van der Waals surface area contributed by atoms with Gasteiger partial charge in [0.15, 0.2) is 0 Å². The van der Waals surface area contributed by atoms with Gasteiger partial charge in [-0.25, -0.2) is 4.98 Å². The van der Waals surface area contributed by atoms with Crippen molar-refractivity contribution in [3.8, 4) is 0 Å². The molecule has 12 heavy (non-hydrogen) atoms. The zero-order valence-corrected chi connectivity index (χ0v) is 7.75. The molecule has 3 nitrogen and oxygen atoms in total. The van der Waals surface area contributed by atoms with Gasteiger partial charge in [0, 0.05) is 19.3 Å². The van der Waals surface area contributed by atoms with E-state index in [4.69, 9.17) is 0 Å². The molecule has 0 saturated heterocycles. The van der Waals surface area contributed by atoms with Gasteiger partial charge in [-0.15, -0.1) is 0 Å². The number of aryl methyl sites for hydroxylation is 1. The maximum absolute atomic E-state index is 4.54. The lowest BCUT2D eigenvalue weighted by atomic mass is 10.4. The maximum atomic E-state index is 4.54. The molecule has 0 radical (unpaired) electrons. The topological polar surface area (TPSA) is 21.1 Å². The molecule has 0 N–H and O–H groups in total. The van der Waals surface area contributed by atoms with Crippen LogP contribution in [0, 0.1) is 0 Å². The molecule has 2 rings (SSSR count). The number of hydrogen-bond acceptors (Lipinski definition) is 2. The van der Waals surface area contributed by atoms with Crippen LogP contribution in [-0.4, -0.2) is 28.0 Å². The summed E-state index contributed by atoms with van der Waals surface area (Å²) >= 11 is 0. The van der Waals surface area contributed by atoms with Crippen LogP contribution in [-0.2, 0) is 19.5 Å². The summed E-state index contributed by atoms with van der Waals surface area (Å²) in [6, 6.07) is 0. The number of nitrogens with zero attached hydrogens (tertiary/aromatic N) is 3. The number of hydrogen-bond donors (Lipinski definition) is 0. The SMILES string of the molecule is CCc1cn2c(n1)CN(C)CC2. The zero-order valence-electron chi connectivity index (χ0n) is 7.75. The van der Waals surface area contributed by atoms with Crippen LogP contribution in [0.15, 0.2) is 6.20 Å². The quantitative estimate of drug-likeness (QED) is 0.616. The fourth-order valence-electron chi connectivity index (χ4n) is 1.60. The van der Waals surface area contributed by atoms with Gasteiger partial charge in [0.2, 0.25) is 0 Å². The van der Waals surface area contributed by atoms with Crippen LogP contribution in [0.25, 0.3) is 0 Å². The van der Waals surface area contributed by atoms with E-state index in [2.05, 4.69) is 34.6 Å². The van der Waals surface area contributed by atoms with E-state index in [0.29, 0.717) is 0 Å². The van der Waals surface area contributed by atoms with E-state index < -0.39 is 0 Å². The third-order valence-electron chi connectivity index (χ3n) is 2.41. The first-order valence-electron chi connectivity index (χ1n) is 4.53. The molecule has 66 valence electrons. The van der Waals surface area contributed by atoms with Crippen molar-refractivity contribution in [2.45, 2.75) is 26.4 Å². The molecule has 1 aliphatic rings. The molecule has 1 aliphatic heterocycles. The van der Waals surface area contributed by atoms with Gasteiger partial charge in [0.25, 0.3) is 0 Å². The van der Waals surface area contributed by atoms with Crippen molar-refractivity contribution in [3.63, 3.8) is 0 Å². The predicted octanol–water partition coefficient (Wildman–Crippen LogP) is 0.891. The summed E-state index contributed by atoms with van der Waals surface area (Å²) in [5.74, 6) is 1.22. The van der Waals surface area contributed by atoms with Crippen LogP contribution in [0.2, 0.25) is 0 Å². The van der Waals surface area contributed by atoms with Crippen molar-refractivity contribution in [2.75, 3.05) is 13.6 Å². The van der Waals surface area contributed by atoms with Crippen LogP contribution in [0.5, 0.6) is 0 Å². The van der Waals surface area contributed by atoms with Gasteiger partial charge in [-0.2, -0.15) is 0 Å². The van der Waals surface area contributed by atoms with E-state index in [9.17, 15) is 0 Å². The fraction of sp³-hybridized carbons (Fsp3) is 0.667. The molecule has 3 heteroatoms. The van der Waals surface area contributed by atoms with Crippen LogP contribution < -0.4 is 0 Å². The number of fused-ring (bicyclic) bond motifs is 1. The van der Waals surface area contributed by atoms with Gasteiger partial charge in [-0.3, -0.25) is 4.90 Å². The Labute approximate surface area is 73.0 Å². The minimum absolute atomic E-state index is 1.00. The standard InChI is InChI=1S/C9H15N3/c1-3-8-6-12-5-4-11(2)7-9(12)10-8/h6H,3-5,7H2,1-2H3. The molecule has 1 aromatic rings.